The van der Waals surface area contributed by atoms with Gasteiger partial charge in [0.1, 0.15) is 4.83 Å². The van der Waals surface area contributed by atoms with Crippen LogP contribution >= 0.6 is 22.7 Å². The van der Waals surface area contributed by atoms with E-state index >= 15 is 0 Å². The molecule has 10 aromatic rings. The van der Waals surface area contributed by atoms with Crippen LogP contribution in [0.4, 0.5) is 0 Å². The molecule has 0 saturated carbocycles. The molecular weight excluding hydrogens is 619 g/mol. The van der Waals surface area contributed by atoms with E-state index in [1.807, 2.05) is 22.7 Å². The van der Waals surface area contributed by atoms with Crippen molar-refractivity contribution in [3.63, 3.8) is 0 Å². The number of aromatic nitrogens is 2. The molecule has 6 aromatic carbocycles. The van der Waals surface area contributed by atoms with Crippen LogP contribution in [-0.4, -0.2) is 15.9 Å². The highest BCUT2D eigenvalue weighted by Crippen LogP contribution is 2.56. The molecule has 2 nitrogen and oxygen atoms in total. The molecule has 1 aliphatic carbocycles. The number of thiophene rings is 2. The maximum absolute atomic E-state index is 2.74. The predicted molar refractivity (Wildman–Crippen MR) is 208 cm³/mol. The first-order valence-corrected chi connectivity index (χ1v) is 18.5. The summed E-state index contributed by atoms with van der Waals surface area (Å²) < 4.78 is 8.12. The fourth-order valence-corrected chi connectivity index (χ4v) is 12.5. The van der Waals surface area contributed by atoms with Crippen molar-refractivity contribution in [1.29, 1.82) is 0 Å². The molecule has 2 aliphatic heterocycles. The molecule has 3 aliphatic rings. The van der Waals surface area contributed by atoms with E-state index in [0.717, 1.165) is 0 Å². The van der Waals surface area contributed by atoms with Crippen molar-refractivity contribution in [1.82, 2.24) is 9.05 Å². The normalized spacial score (nSPS) is 15.0. The minimum absolute atomic E-state index is 0.0746. The Morgan fingerprint density at radius 1 is 0.562 bits per heavy atom. The maximum Gasteiger partial charge on any atom is 0.333 e. The number of fused-ring (bicyclic) bond motifs is 18. The second kappa shape index (κ2) is 7.95. The molecule has 48 heavy (non-hydrogen) atoms. The molecule has 222 valence electrons. The van der Waals surface area contributed by atoms with E-state index in [9.17, 15) is 0 Å². The van der Waals surface area contributed by atoms with Gasteiger partial charge in [0.15, 0.2) is 0 Å². The van der Waals surface area contributed by atoms with Crippen molar-refractivity contribution in [3.05, 3.63) is 126 Å². The van der Waals surface area contributed by atoms with Gasteiger partial charge >= 0.3 is 6.85 Å². The smallest absolute Gasteiger partial charge is 0.333 e. The fourth-order valence-electron chi connectivity index (χ4n) is 10.0. The first kappa shape index (κ1) is 25.0. The molecule has 5 heteroatoms. The molecule has 6 heterocycles. The summed E-state index contributed by atoms with van der Waals surface area (Å²) in [7, 11) is 0. The molecule has 13 rings (SSSR count). The van der Waals surface area contributed by atoms with Gasteiger partial charge in [-0.15, -0.1) is 22.7 Å². The molecule has 0 fully saturated rings. The van der Waals surface area contributed by atoms with Crippen molar-refractivity contribution in [3.8, 4) is 27.9 Å². The van der Waals surface area contributed by atoms with Gasteiger partial charge < -0.3 is 9.05 Å². The lowest BCUT2D eigenvalue weighted by Gasteiger charge is -2.36. The number of para-hydroxylation sites is 2. The summed E-state index contributed by atoms with van der Waals surface area (Å²) in [5, 5.41) is 8.26. The molecule has 0 spiro atoms. The van der Waals surface area contributed by atoms with E-state index in [1.54, 1.807) is 0 Å². The van der Waals surface area contributed by atoms with E-state index in [4.69, 9.17) is 0 Å². The number of rotatable bonds is 0. The van der Waals surface area contributed by atoms with Gasteiger partial charge in [0.25, 0.3) is 0 Å². The first-order chi connectivity index (χ1) is 23.6. The van der Waals surface area contributed by atoms with Gasteiger partial charge in [-0.3, -0.25) is 0 Å². The summed E-state index contributed by atoms with van der Waals surface area (Å²) in [5.41, 5.74) is 15.3. The standard InChI is InChI=1S/C43H25BN2S2/c1-43(2)28-17-6-3-11-22(28)36-29(43)21-31-38-37(36)27-15-9-14-25-35-24-13-5-8-20-33(24)48-42(35)46(39(25)27)44(38)30-18-10-16-26-34-23-12-4-7-19-32(23)47-41(34)45(31)40(26)30/h3-21H,1-2H3. The quantitative estimate of drug-likeness (QED) is 0.145. The Labute approximate surface area is 284 Å². The third-order valence-electron chi connectivity index (χ3n) is 11.9. The van der Waals surface area contributed by atoms with Gasteiger partial charge in [0.2, 0.25) is 0 Å². The van der Waals surface area contributed by atoms with Crippen LogP contribution in [0, 0.1) is 0 Å². The first-order valence-electron chi connectivity index (χ1n) is 16.8. The highest BCUT2D eigenvalue weighted by atomic mass is 32.1. The Balaban J connectivity index is 1.33. The summed E-state index contributed by atoms with van der Waals surface area (Å²) in [6.45, 7) is 4.93. The Bertz CT molecular complexity index is 3160. The van der Waals surface area contributed by atoms with Gasteiger partial charge in [-0.25, -0.2) is 0 Å². The third kappa shape index (κ3) is 2.55. The number of hydrogen-bond donors (Lipinski definition) is 0. The van der Waals surface area contributed by atoms with E-state index in [2.05, 4.69) is 138 Å². The predicted octanol–water partition coefficient (Wildman–Crippen LogP) is 10.6. The molecule has 4 aromatic heterocycles. The second-order valence-corrected chi connectivity index (χ2v) is 16.4. The van der Waals surface area contributed by atoms with E-state index < -0.39 is 0 Å². The molecule has 0 atom stereocenters. The molecule has 0 amide bonds. The van der Waals surface area contributed by atoms with Crippen molar-refractivity contribution in [2.24, 2.45) is 0 Å². The average Bonchev–Trinajstić information content (AvgIpc) is 3.89. The zero-order chi connectivity index (χ0) is 31.2. The Hall–Kier alpha value is -5.10. The van der Waals surface area contributed by atoms with Crippen LogP contribution in [0.1, 0.15) is 25.0 Å². The molecule has 0 N–H and O–H groups in total. The third-order valence-corrected chi connectivity index (χ3v) is 14.2. The zero-order valence-corrected chi connectivity index (χ0v) is 27.9. The van der Waals surface area contributed by atoms with Gasteiger partial charge in [-0.2, -0.15) is 0 Å². The minimum atomic E-state index is -0.112. The summed E-state index contributed by atoms with van der Waals surface area (Å²) in [6.07, 6.45) is 0. The summed E-state index contributed by atoms with van der Waals surface area (Å²) >= 11 is 3.90. The van der Waals surface area contributed by atoms with Crippen molar-refractivity contribution < 1.29 is 0 Å². The van der Waals surface area contributed by atoms with Crippen LogP contribution in [0.25, 0.3) is 90.4 Å². The SMILES string of the molecule is CC1(C)c2ccccc2-c2c1cc1c3c2-c2cccc4c5c6ccccc6sc5n(c24)B3c2cccc3c4c5ccccc5sc4n-1c23. The van der Waals surface area contributed by atoms with Crippen LogP contribution in [0.15, 0.2) is 115 Å². The monoisotopic (exact) mass is 644 g/mol. The Morgan fingerprint density at radius 2 is 1.19 bits per heavy atom. The Kier molecular flexibility index (Phi) is 4.14. The fraction of sp³-hybridized carbons (Fsp3) is 0.0698. The van der Waals surface area contributed by atoms with Gasteiger partial charge in [0, 0.05) is 63.9 Å². The lowest BCUT2D eigenvalue weighted by Crippen LogP contribution is -2.55. The van der Waals surface area contributed by atoms with Crippen molar-refractivity contribution in [2.75, 3.05) is 0 Å². The molecular formula is C43H25BN2S2. The zero-order valence-electron chi connectivity index (χ0n) is 26.3. The topological polar surface area (TPSA) is 9.86 Å². The summed E-state index contributed by atoms with van der Waals surface area (Å²) in [4.78, 5) is 2.74. The Morgan fingerprint density at radius 3 is 2.00 bits per heavy atom. The van der Waals surface area contributed by atoms with Gasteiger partial charge in [0.05, 0.1) is 10.3 Å². The van der Waals surface area contributed by atoms with Crippen LogP contribution in [0.5, 0.6) is 0 Å². The van der Waals surface area contributed by atoms with Crippen molar-refractivity contribution in [2.45, 2.75) is 19.3 Å². The second-order valence-electron chi connectivity index (χ2n) is 14.4. The number of benzene rings is 6. The average molecular weight is 645 g/mol. The molecule has 0 unspecified atom stereocenters. The summed E-state index contributed by atoms with van der Waals surface area (Å²) in [6, 6.07) is 44.0. The van der Waals surface area contributed by atoms with E-state index in [-0.39, 0.29) is 12.3 Å². The lowest BCUT2D eigenvalue weighted by molar-refractivity contribution is 0.660. The lowest BCUT2D eigenvalue weighted by atomic mass is 9.45. The van der Waals surface area contributed by atoms with E-state index in [1.165, 1.54) is 112 Å². The minimum Gasteiger partial charge on any atom is -0.367 e. The molecule has 0 saturated heterocycles. The van der Waals surface area contributed by atoms with Crippen molar-refractivity contribution >= 4 is 103 Å². The highest BCUT2D eigenvalue weighted by molar-refractivity contribution is 7.26. The number of nitrogens with zero attached hydrogens (tertiary/aromatic N) is 2. The van der Waals surface area contributed by atoms with Gasteiger partial charge in [-0.1, -0.05) is 111 Å². The highest BCUT2D eigenvalue weighted by Gasteiger charge is 2.47. The van der Waals surface area contributed by atoms with E-state index in [0.29, 0.717) is 0 Å². The number of hydrogen-bond acceptors (Lipinski definition) is 2. The maximum atomic E-state index is 2.74. The summed E-state index contributed by atoms with van der Waals surface area (Å²) in [5.74, 6) is 0. The van der Waals surface area contributed by atoms with Crippen LogP contribution in [0.3, 0.4) is 0 Å². The molecule has 0 bridgehead atoms. The van der Waals surface area contributed by atoms with Gasteiger partial charge in [-0.05, 0) is 56.9 Å². The van der Waals surface area contributed by atoms with Crippen LogP contribution < -0.4 is 10.9 Å². The largest absolute Gasteiger partial charge is 0.367 e. The molecule has 0 radical (unpaired) electrons. The van der Waals surface area contributed by atoms with Crippen LogP contribution in [0.2, 0.25) is 0 Å². The van der Waals surface area contributed by atoms with Crippen LogP contribution in [-0.2, 0) is 5.41 Å².